The van der Waals surface area contributed by atoms with Gasteiger partial charge in [-0.25, -0.2) is 4.98 Å². The van der Waals surface area contributed by atoms with E-state index in [4.69, 9.17) is 15.7 Å². The molecule has 1 heterocycles. The summed E-state index contributed by atoms with van der Waals surface area (Å²) in [7, 11) is 4.00. The number of anilines is 3. The van der Waals surface area contributed by atoms with Gasteiger partial charge in [0.15, 0.2) is 0 Å². The Morgan fingerprint density at radius 3 is 2.58 bits per heavy atom. The summed E-state index contributed by atoms with van der Waals surface area (Å²) in [6, 6.07) is 15.5. The van der Waals surface area contributed by atoms with Crippen molar-refractivity contribution < 1.29 is 4.79 Å². The number of nitrogens with one attached hydrogen (secondary N) is 2. The normalized spacial score (nSPS) is 18.5. The molecule has 1 amide bonds. The molecule has 0 aliphatic heterocycles. The molecule has 162 valence electrons. The Morgan fingerprint density at radius 1 is 1.06 bits per heavy atom. The van der Waals surface area contributed by atoms with Crippen molar-refractivity contribution in [3.63, 3.8) is 0 Å². The number of nitrogens with zero attached hydrogens (tertiary/aromatic N) is 3. The van der Waals surface area contributed by atoms with Crippen LogP contribution in [0.1, 0.15) is 36.0 Å². The van der Waals surface area contributed by atoms with Gasteiger partial charge < -0.3 is 21.3 Å². The predicted octanol–water partition coefficient (Wildman–Crippen LogP) is 3.68. The fourth-order valence-electron chi connectivity index (χ4n) is 4.18. The summed E-state index contributed by atoms with van der Waals surface area (Å²) < 4.78 is 0. The van der Waals surface area contributed by atoms with Gasteiger partial charge in [0.1, 0.15) is 5.82 Å². The molecular weight excluding hydrogens is 388 g/mol. The van der Waals surface area contributed by atoms with Gasteiger partial charge in [0, 0.05) is 43.3 Å². The largest absolute Gasteiger partial charge is 0.399 e. The van der Waals surface area contributed by atoms with Gasteiger partial charge in [-0.1, -0.05) is 18.2 Å². The second kappa shape index (κ2) is 9.20. The number of aromatic nitrogens is 2. The highest BCUT2D eigenvalue weighted by Gasteiger charge is 2.23. The van der Waals surface area contributed by atoms with Gasteiger partial charge >= 0.3 is 0 Å². The highest BCUT2D eigenvalue weighted by molar-refractivity contribution is 5.95. The number of nitrogens with two attached hydrogens (primary N) is 1. The number of benzene rings is 2. The van der Waals surface area contributed by atoms with E-state index in [9.17, 15) is 4.79 Å². The zero-order valence-corrected chi connectivity index (χ0v) is 18.1. The first-order valence-corrected chi connectivity index (χ1v) is 10.8. The number of para-hydroxylation sites is 1. The molecule has 7 nitrogen and oxygen atoms in total. The molecule has 1 aliphatic rings. The van der Waals surface area contributed by atoms with E-state index >= 15 is 0 Å². The third kappa shape index (κ3) is 5.05. The van der Waals surface area contributed by atoms with Crippen LogP contribution in [-0.4, -0.2) is 42.6 Å². The van der Waals surface area contributed by atoms with Crippen LogP contribution in [0, 0.1) is 5.92 Å². The second-order valence-corrected chi connectivity index (χ2v) is 8.48. The fraction of sp³-hybridized carbons (Fsp3) is 0.375. The van der Waals surface area contributed by atoms with Gasteiger partial charge in [-0.05, 0) is 61.9 Å². The van der Waals surface area contributed by atoms with Crippen molar-refractivity contribution in [2.45, 2.75) is 31.7 Å². The van der Waals surface area contributed by atoms with E-state index in [1.54, 1.807) is 24.3 Å². The van der Waals surface area contributed by atoms with Crippen molar-refractivity contribution in [2.75, 3.05) is 36.6 Å². The lowest BCUT2D eigenvalue weighted by Crippen LogP contribution is -2.34. The summed E-state index contributed by atoms with van der Waals surface area (Å²) in [6.45, 7) is 0.692. The molecule has 1 aromatic heterocycles. The van der Waals surface area contributed by atoms with Gasteiger partial charge in [-0.2, -0.15) is 4.98 Å². The highest BCUT2D eigenvalue weighted by Crippen LogP contribution is 2.28. The Morgan fingerprint density at radius 2 is 1.84 bits per heavy atom. The summed E-state index contributed by atoms with van der Waals surface area (Å²) in [5, 5.41) is 7.64. The van der Waals surface area contributed by atoms with Crippen molar-refractivity contribution >= 4 is 34.3 Å². The minimum absolute atomic E-state index is 0.0617. The Bertz CT molecular complexity index is 1060. The number of carbonyl (C=O) groups excluding carboxylic acids is 1. The standard InChI is InChI=1S/C24H30N6O/c1-30(2)22-20-8-3-4-9-21(20)28-24(29-22)27-19-12-10-16(11-13-19)15-26-23(31)17-6-5-7-18(25)14-17/h3-9,14,16,19H,10-13,15,25H2,1-2H3,(H,26,31)(H,27,28,29). The predicted molar refractivity (Wildman–Crippen MR) is 126 cm³/mol. The maximum atomic E-state index is 12.3. The van der Waals surface area contributed by atoms with Crippen LogP contribution in [-0.2, 0) is 0 Å². The molecule has 31 heavy (non-hydrogen) atoms. The molecule has 0 atom stereocenters. The molecule has 0 radical (unpaired) electrons. The second-order valence-electron chi connectivity index (χ2n) is 8.48. The van der Waals surface area contributed by atoms with Gasteiger partial charge in [0.25, 0.3) is 5.91 Å². The molecule has 7 heteroatoms. The molecule has 0 saturated heterocycles. The van der Waals surface area contributed by atoms with Crippen LogP contribution in [0.15, 0.2) is 48.5 Å². The van der Waals surface area contributed by atoms with Crippen molar-refractivity contribution in [1.29, 1.82) is 0 Å². The average molecular weight is 419 g/mol. The van der Waals surface area contributed by atoms with E-state index in [0.717, 1.165) is 42.4 Å². The van der Waals surface area contributed by atoms with Crippen LogP contribution < -0.4 is 21.3 Å². The lowest BCUT2D eigenvalue weighted by atomic mass is 9.86. The van der Waals surface area contributed by atoms with Crippen molar-refractivity contribution in [1.82, 2.24) is 15.3 Å². The smallest absolute Gasteiger partial charge is 0.251 e. The van der Waals surface area contributed by atoms with Crippen molar-refractivity contribution in [2.24, 2.45) is 5.92 Å². The Balaban J connectivity index is 1.32. The Labute approximate surface area is 183 Å². The van der Waals surface area contributed by atoms with E-state index in [1.807, 2.05) is 37.2 Å². The van der Waals surface area contributed by atoms with Crippen LogP contribution in [0.3, 0.4) is 0 Å². The van der Waals surface area contributed by atoms with Crippen LogP contribution in [0.25, 0.3) is 10.9 Å². The minimum atomic E-state index is -0.0617. The Hall–Kier alpha value is -3.35. The SMILES string of the molecule is CN(C)c1nc(NC2CCC(CNC(=O)c3cccc(N)c3)CC2)nc2ccccc12. The zero-order chi connectivity index (χ0) is 21.8. The molecule has 1 fully saturated rings. The van der Waals surface area contributed by atoms with E-state index < -0.39 is 0 Å². The topological polar surface area (TPSA) is 96.2 Å². The number of hydrogen-bond acceptors (Lipinski definition) is 6. The number of nitrogen functional groups attached to an aromatic ring is 1. The maximum Gasteiger partial charge on any atom is 0.251 e. The molecule has 4 rings (SSSR count). The van der Waals surface area contributed by atoms with Crippen LogP contribution in [0.2, 0.25) is 0 Å². The number of fused-ring (bicyclic) bond motifs is 1. The zero-order valence-electron chi connectivity index (χ0n) is 18.1. The summed E-state index contributed by atoms with van der Waals surface area (Å²) in [6.07, 6.45) is 4.19. The number of carbonyl (C=O) groups is 1. The molecule has 0 bridgehead atoms. The quantitative estimate of drug-likeness (QED) is 0.529. The number of rotatable bonds is 6. The molecule has 4 N–H and O–H groups in total. The molecule has 0 spiro atoms. The molecule has 1 aliphatic carbocycles. The third-order valence-electron chi connectivity index (χ3n) is 5.89. The van der Waals surface area contributed by atoms with E-state index in [0.29, 0.717) is 35.7 Å². The van der Waals surface area contributed by atoms with Gasteiger partial charge in [-0.3, -0.25) is 4.79 Å². The lowest BCUT2D eigenvalue weighted by Gasteiger charge is -2.29. The highest BCUT2D eigenvalue weighted by atomic mass is 16.1. The monoisotopic (exact) mass is 418 g/mol. The fourth-order valence-corrected chi connectivity index (χ4v) is 4.18. The first-order valence-electron chi connectivity index (χ1n) is 10.8. The molecule has 0 unspecified atom stereocenters. The van der Waals surface area contributed by atoms with Crippen LogP contribution in [0.5, 0.6) is 0 Å². The number of hydrogen-bond donors (Lipinski definition) is 3. The number of amides is 1. The van der Waals surface area contributed by atoms with Gasteiger partial charge in [0.05, 0.1) is 5.52 Å². The summed E-state index contributed by atoms with van der Waals surface area (Å²) >= 11 is 0. The first kappa shape index (κ1) is 20.9. The van der Waals surface area contributed by atoms with Gasteiger partial charge in [-0.15, -0.1) is 0 Å². The van der Waals surface area contributed by atoms with E-state index in [1.165, 1.54) is 0 Å². The summed E-state index contributed by atoms with van der Waals surface area (Å²) in [5.74, 6) is 2.03. The van der Waals surface area contributed by atoms with Crippen LogP contribution >= 0.6 is 0 Å². The van der Waals surface area contributed by atoms with E-state index in [2.05, 4.69) is 16.7 Å². The molecular formula is C24H30N6O. The summed E-state index contributed by atoms with van der Waals surface area (Å²) in [5.41, 5.74) is 7.93. The van der Waals surface area contributed by atoms with Crippen LogP contribution in [0.4, 0.5) is 17.5 Å². The average Bonchev–Trinajstić information content (AvgIpc) is 2.77. The van der Waals surface area contributed by atoms with Crippen molar-refractivity contribution in [3.05, 3.63) is 54.1 Å². The lowest BCUT2D eigenvalue weighted by molar-refractivity contribution is 0.0943. The third-order valence-corrected chi connectivity index (χ3v) is 5.89. The van der Waals surface area contributed by atoms with Gasteiger partial charge in [0.2, 0.25) is 5.95 Å². The molecule has 3 aromatic rings. The molecule has 2 aromatic carbocycles. The Kier molecular flexibility index (Phi) is 6.21. The summed E-state index contributed by atoms with van der Waals surface area (Å²) in [4.78, 5) is 23.8. The van der Waals surface area contributed by atoms with E-state index in [-0.39, 0.29) is 5.91 Å². The minimum Gasteiger partial charge on any atom is -0.399 e. The first-order chi connectivity index (χ1) is 15.0. The molecule has 1 saturated carbocycles. The van der Waals surface area contributed by atoms with Crippen molar-refractivity contribution in [3.8, 4) is 0 Å². The maximum absolute atomic E-state index is 12.3.